The fourth-order valence-electron chi connectivity index (χ4n) is 2.70. The van der Waals surface area contributed by atoms with Gasteiger partial charge in [0.05, 0.1) is 4.92 Å². The molecule has 2 N–H and O–H groups in total. The van der Waals surface area contributed by atoms with Crippen LogP contribution in [0.4, 0.5) is 17.5 Å². The summed E-state index contributed by atoms with van der Waals surface area (Å²) in [4.78, 5) is 19.1. The molecule has 0 bridgehead atoms. The van der Waals surface area contributed by atoms with E-state index in [-0.39, 0.29) is 11.7 Å². The molecule has 1 aromatic rings. The largest absolute Gasteiger partial charge is 0.361 e. The molecule has 0 aliphatic heterocycles. The second-order valence-corrected chi connectivity index (χ2v) is 5.35. The zero-order valence-corrected chi connectivity index (χ0v) is 12.1. The summed E-state index contributed by atoms with van der Waals surface area (Å²) in [5.74, 6) is 1.22. The Bertz CT molecular complexity index is 506. The highest BCUT2D eigenvalue weighted by atomic mass is 16.6. The molecule has 1 saturated carbocycles. The molecule has 2 rings (SSSR count). The summed E-state index contributed by atoms with van der Waals surface area (Å²) in [6, 6.07) is 0.237. The van der Waals surface area contributed by atoms with E-state index in [0.717, 1.165) is 19.3 Å². The lowest BCUT2D eigenvalue weighted by Crippen LogP contribution is -2.31. The maximum Gasteiger partial charge on any atom is 0.332 e. The predicted octanol–water partition coefficient (Wildman–Crippen LogP) is 2.73. The summed E-state index contributed by atoms with van der Waals surface area (Å²) >= 11 is 0. The van der Waals surface area contributed by atoms with Crippen molar-refractivity contribution >= 4 is 17.5 Å². The number of rotatable bonds is 4. The Hall–Kier alpha value is -1.92. The fourth-order valence-corrected chi connectivity index (χ4v) is 2.70. The summed E-state index contributed by atoms with van der Waals surface area (Å²) in [7, 11) is 1.70. The standard InChI is InChI=1S/C13H21N5O2/c1-8-6-4-5-7-10(8)16-12-11(18(19)20)9(2)15-13(14-3)17-12/h8,10H,4-7H2,1-3H3,(H2,14,15,16,17). The van der Waals surface area contributed by atoms with Crippen molar-refractivity contribution in [2.75, 3.05) is 17.7 Å². The minimum atomic E-state index is -0.412. The van der Waals surface area contributed by atoms with Gasteiger partial charge in [-0.25, -0.2) is 4.98 Å². The zero-order chi connectivity index (χ0) is 14.7. The van der Waals surface area contributed by atoms with Crippen LogP contribution in [0.1, 0.15) is 38.3 Å². The molecule has 0 saturated heterocycles. The SMILES string of the molecule is CNc1nc(C)c([N+](=O)[O-])c(NC2CCCCC2C)n1. The van der Waals surface area contributed by atoms with Gasteiger partial charge >= 0.3 is 5.69 Å². The molecular formula is C13H21N5O2. The van der Waals surface area contributed by atoms with Crippen LogP contribution in [-0.4, -0.2) is 28.0 Å². The molecule has 1 fully saturated rings. The van der Waals surface area contributed by atoms with E-state index in [2.05, 4.69) is 27.5 Å². The van der Waals surface area contributed by atoms with Crippen molar-refractivity contribution in [3.63, 3.8) is 0 Å². The Morgan fingerprint density at radius 1 is 1.30 bits per heavy atom. The molecular weight excluding hydrogens is 258 g/mol. The zero-order valence-electron chi connectivity index (χ0n) is 12.1. The Morgan fingerprint density at radius 3 is 2.60 bits per heavy atom. The monoisotopic (exact) mass is 279 g/mol. The van der Waals surface area contributed by atoms with E-state index < -0.39 is 4.92 Å². The van der Waals surface area contributed by atoms with Gasteiger partial charge in [-0.15, -0.1) is 0 Å². The highest BCUT2D eigenvalue weighted by Crippen LogP contribution is 2.31. The van der Waals surface area contributed by atoms with Gasteiger partial charge in [-0.1, -0.05) is 19.8 Å². The van der Waals surface area contributed by atoms with Gasteiger partial charge in [0.25, 0.3) is 0 Å². The van der Waals surface area contributed by atoms with Gasteiger partial charge < -0.3 is 10.6 Å². The van der Waals surface area contributed by atoms with Crippen LogP contribution >= 0.6 is 0 Å². The van der Waals surface area contributed by atoms with Crippen molar-refractivity contribution < 1.29 is 4.92 Å². The van der Waals surface area contributed by atoms with Crippen molar-refractivity contribution in [3.05, 3.63) is 15.8 Å². The van der Waals surface area contributed by atoms with Gasteiger partial charge in [-0.3, -0.25) is 10.1 Å². The quantitative estimate of drug-likeness (QED) is 0.650. The topological polar surface area (TPSA) is 93.0 Å². The number of anilines is 2. The van der Waals surface area contributed by atoms with Gasteiger partial charge in [0, 0.05) is 13.1 Å². The number of hydrogen-bond acceptors (Lipinski definition) is 6. The lowest BCUT2D eigenvalue weighted by molar-refractivity contribution is -0.385. The van der Waals surface area contributed by atoms with Crippen LogP contribution in [0.2, 0.25) is 0 Å². The van der Waals surface area contributed by atoms with Gasteiger partial charge in [0.1, 0.15) is 5.69 Å². The van der Waals surface area contributed by atoms with E-state index in [1.165, 1.54) is 6.42 Å². The maximum absolute atomic E-state index is 11.2. The molecule has 110 valence electrons. The number of nitro groups is 1. The predicted molar refractivity (Wildman–Crippen MR) is 78.0 cm³/mol. The van der Waals surface area contributed by atoms with Crippen LogP contribution in [-0.2, 0) is 0 Å². The van der Waals surface area contributed by atoms with Crippen molar-refractivity contribution in [2.45, 2.75) is 45.6 Å². The van der Waals surface area contributed by atoms with E-state index in [0.29, 0.717) is 23.4 Å². The number of hydrogen-bond donors (Lipinski definition) is 2. The number of aromatic nitrogens is 2. The fraction of sp³-hybridized carbons (Fsp3) is 0.692. The van der Waals surface area contributed by atoms with E-state index in [9.17, 15) is 10.1 Å². The van der Waals surface area contributed by atoms with Crippen LogP contribution in [0.25, 0.3) is 0 Å². The number of nitrogens with one attached hydrogen (secondary N) is 2. The van der Waals surface area contributed by atoms with E-state index in [4.69, 9.17) is 0 Å². The van der Waals surface area contributed by atoms with Crippen LogP contribution < -0.4 is 10.6 Å². The first kappa shape index (κ1) is 14.5. The molecule has 0 aromatic carbocycles. The van der Waals surface area contributed by atoms with Crippen molar-refractivity contribution in [3.8, 4) is 0 Å². The molecule has 1 aliphatic carbocycles. The molecule has 0 spiro atoms. The van der Waals surface area contributed by atoms with Crippen molar-refractivity contribution in [1.29, 1.82) is 0 Å². The summed E-state index contributed by atoms with van der Waals surface area (Å²) in [6.45, 7) is 3.81. The molecule has 1 heterocycles. The minimum absolute atomic E-state index is 0.0261. The Balaban J connectivity index is 2.33. The van der Waals surface area contributed by atoms with Crippen LogP contribution in [0.5, 0.6) is 0 Å². The summed E-state index contributed by atoms with van der Waals surface area (Å²) in [5, 5.41) is 17.3. The normalized spacial score (nSPS) is 22.4. The third kappa shape index (κ3) is 2.97. The highest BCUT2D eigenvalue weighted by Gasteiger charge is 2.27. The van der Waals surface area contributed by atoms with Gasteiger partial charge in [-0.2, -0.15) is 4.98 Å². The molecule has 20 heavy (non-hydrogen) atoms. The Labute approximate surface area is 118 Å². The summed E-state index contributed by atoms with van der Waals surface area (Å²) < 4.78 is 0. The lowest BCUT2D eigenvalue weighted by atomic mass is 9.86. The van der Waals surface area contributed by atoms with E-state index >= 15 is 0 Å². The third-order valence-corrected chi connectivity index (χ3v) is 3.90. The second kappa shape index (κ2) is 6.02. The van der Waals surface area contributed by atoms with Crippen LogP contribution in [0.15, 0.2) is 0 Å². The molecule has 7 nitrogen and oxygen atoms in total. The molecule has 1 aromatic heterocycles. The van der Waals surface area contributed by atoms with E-state index in [1.54, 1.807) is 14.0 Å². The second-order valence-electron chi connectivity index (χ2n) is 5.35. The maximum atomic E-state index is 11.2. The Morgan fingerprint density at radius 2 is 2.00 bits per heavy atom. The van der Waals surface area contributed by atoms with E-state index in [1.807, 2.05) is 0 Å². The first-order chi connectivity index (χ1) is 9.52. The average molecular weight is 279 g/mol. The summed E-state index contributed by atoms with van der Waals surface area (Å²) in [5.41, 5.74) is 0.349. The summed E-state index contributed by atoms with van der Waals surface area (Å²) in [6.07, 6.45) is 4.55. The van der Waals surface area contributed by atoms with Crippen molar-refractivity contribution in [2.24, 2.45) is 5.92 Å². The average Bonchev–Trinajstić information content (AvgIpc) is 2.40. The molecule has 2 atom stereocenters. The smallest absolute Gasteiger partial charge is 0.332 e. The van der Waals surface area contributed by atoms with Crippen LogP contribution in [0.3, 0.4) is 0 Å². The molecule has 0 amide bonds. The Kier molecular flexibility index (Phi) is 4.36. The molecule has 1 aliphatic rings. The molecule has 2 unspecified atom stereocenters. The lowest BCUT2D eigenvalue weighted by Gasteiger charge is -2.29. The number of aryl methyl sites for hydroxylation is 1. The molecule has 0 radical (unpaired) electrons. The number of nitrogens with zero attached hydrogens (tertiary/aromatic N) is 3. The molecule has 7 heteroatoms. The van der Waals surface area contributed by atoms with Crippen LogP contribution in [0, 0.1) is 23.0 Å². The van der Waals surface area contributed by atoms with Gasteiger partial charge in [-0.05, 0) is 25.7 Å². The third-order valence-electron chi connectivity index (χ3n) is 3.90. The van der Waals surface area contributed by atoms with Gasteiger partial charge in [0.2, 0.25) is 11.8 Å². The highest BCUT2D eigenvalue weighted by molar-refractivity contribution is 5.61. The van der Waals surface area contributed by atoms with Gasteiger partial charge in [0.15, 0.2) is 0 Å². The van der Waals surface area contributed by atoms with Crippen molar-refractivity contribution in [1.82, 2.24) is 9.97 Å². The first-order valence-corrected chi connectivity index (χ1v) is 7.00. The first-order valence-electron chi connectivity index (χ1n) is 7.00. The minimum Gasteiger partial charge on any atom is -0.361 e.